The summed E-state index contributed by atoms with van der Waals surface area (Å²) in [6, 6.07) is 5.10. The zero-order valence-electron chi connectivity index (χ0n) is 10.7. The predicted molar refractivity (Wildman–Crippen MR) is 75.4 cm³/mol. The maximum absolute atomic E-state index is 14.1. The predicted octanol–water partition coefficient (Wildman–Crippen LogP) is 3.46. The van der Waals surface area contributed by atoms with Crippen molar-refractivity contribution < 1.29 is 9.13 Å². The third-order valence-corrected chi connectivity index (χ3v) is 4.61. The number of rotatable bonds is 1. The largest absolute Gasteiger partial charge is 0.459 e. The number of hydrogen-bond acceptors (Lipinski definition) is 3. The second-order valence-electron chi connectivity index (χ2n) is 5.66. The minimum atomic E-state index is -0.656. The van der Waals surface area contributed by atoms with E-state index in [9.17, 15) is 4.39 Å². The van der Waals surface area contributed by atoms with Gasteiger partial charge < -0.3 is 10.5 Å². The van der Waals surface area contributed by atoms with Gasteiger partial charge >= 0.3 is 0 Å². The highest BCUT2D eigenvalue weighted by atomic mass is 79.9. The summed E-state index contributed by atoms with van der Waals surface area (Å²) in [6.07, 6.45) is 3.74. The molecule has 1 aromatic rings. The van der Waals surface area contributed by atoms with Gasteiger partial charge in [0.15, 0.2) is 0 Å². The number of halogens is 2. The van der Waals surface area contributed by atoms with Crippen molar-refractivity contribution in [3.05, 3.63) is 34.1 Å². The fourth-order valence-electron chi connectivity index (χ4n) is 3.11. The van der Waals surface area contributed by atoms with Crippen LogP contribution in [0.3, 0.4) is 0 Å². The minimum Gasteiger partial charge on any atom is -0.459 e. The molecule has 1 heterocycles. The SMILES string of the molecule is C[C@@]1(c2cc(Br)ccc2F)CC2(CCC2)OC(N)=N1. The third-order valence-electron chi connectivity index (χ3n) is 4.12. The standard InChI is InChI=1S/C14H16BrFN2O/c1-13(10-7-9(15)3-4-11(10)16)8-14(5-2-6-14)19-12(17)18-13/h3-4,7H,2,5-6,8H2,1H3,(H2,17,18)/t13-/m0/s1. The van der Waals surface area contributed by atoms with Crippen molar-refractivity contribution in [2.45, 2.75) is 43.7 Å². The Bertz CT molecular complexity index is 556. The van der Waals surface area contributed by atoms with Crippen LogP contribution in [0.25, 0.3) is 0 Å². The topological polar surface area (TPSA) is 47.6 Å². The molecule has 0 amide bonds. The fraction of sp³-hybridized carbons (Fsp3) is 0.500. The Kier molecular flexibility index (Phi) is 2.85. The van der Waals surface area contributed by atoms with Crippen molar-refractivity contribution in [2.24, 2.45) is 10.7 Å². The van der Waals surface area contributed by atoms with Crippen molar-refractivity contribution in [1.29, 1.82) is 0 Å². The van der Waals surface area contributed by atoms with Crippen LogP contribution in [0.4, 0.5) is 4.39 Å². The van der Waals surface area contributed by atoms with Gasteiger partial charge in [0.25, 0.3) is 6.02 Å². The van der Waals surface area contributed by atoms with E-state index < -0.39 is 5.54 Å². The van der Waals surface area contributed by atoms with E-state index in [1.54, 1.807) is 12.1 Å². The molecule has 2 N–H and O–H groups in total. The molecule has 1 aliphatic heterocycles. The summed E-state index contributed by atoms with van der Waals surface area (Å²) in [5.74, 6) is -0.251. The number of benzene rings is 1. The summed E-state index contributed by atoms with van der Waals surface area (Å²) in [5.41, 5.74) is 5.49. The highest BCUT2D eigenvalue weighted by molar-refractivity contribution is 9.10. The third kappa shape index (κ3) is 2.14. The molecule has 1 aliphatic carbocycles. The highest BCUT2D eigenvalue weighted by Gasteiger charge is 2.50. The first-order chi connectivity index (χ1) is 8.92. The van der Waals surface area contributed by atoms with E-state index in [1.807, 2.05) is 6.92 Å². The van der Waals surface area contributed by atoms with E-state index >= 15 is 0 Å². The van der Waals surface area contributed by atoms with Crippen molar-refractivity contribution in [3.8, 4) is 0 Å². The molecular formula is C14H16BrFN2O. The smallest absolute Gasteiger partial charge is 0.283 e. The Morgan fingerprint density at radius 3 is 2.79 bits per heavy atom. The molecule has 0 saturated heterocycles. The normalized spacial score (nSPS) is 28.5. The maximum Gasteiger partial charge on any atom is 0.283 e. The molecule has 0 bridgehead atoms. The van der Waals surface area contributed by atoms with Crippen LogP contribution < -0.4 is 5.73 Å². The zero-order valence-corrected chi connectivity index (χ0v) is 12.3. The van der Waals surface area contributed by atoms with Crippen molar-refractivity contribution in [1.82, 2.24) is 0 Å². The first kappa shape index (κ1) is 12.9. The molecule has 3 nitrogen and oxygen atoms in total. The molecule has 3 rings (SSSR count). The van der Waals surface area contributed by atoms with Gasteiger partial charge in [-0.1, -0.05) is 15.9 Å². The number of aliphatic imine (C=N–C) groups is 1. The van der Waals surface area contributed by atoms with E-state index in [0.717, 1.165) is 23.7 Å². The zero-order chi connectivity index (χ0) is 13.7. The van der Waals surface area contributed by atoms with E-state index in [0.29, 0.717) is 12.0 Å². The van der Waals surface area contributed by atoms with Gasteiger partial charge in [-0.2, -0.15) is 0 Å². The molecule has 2 aliphatic rings. The summed E-state index contributed by atoms with van der Waals surface area (Å²) >= 11 is 3.38. The van der Waals surface area contributed by atoms with Gasteiger partial charge in [0.2, 0.25) is 0 Å². The van der Waals surface area contributed by atoms with Gasteiger partial charge in [-0.05, 0) is 44.4 Å². The van der Waals surface area contributed by atoms with Gasteiger partial charge in [0.1, 0.15) is 11.4 Å². The minimum absolute atomic E-state index is 0.174. The van der Waals surface area contributed by atoms with Crippen molar-refractivity contribution >= 4 is 22.0 Å². The Morgan fingerprint density at radius 2 is 2.16 bits per heavy atom. The molecule has 0 unspecified atom stereocenters. The van der Waals surface area contributed by atoms with E-state index in [2.05, 4.69) is 20.9 Å². The van der Waals surface area contributed by atoms with Gasteiger partial charge in [0.05, 0.1) is 5.54 Å². The summed E-state index contributed by atoms with van der Waals surface area (Å²) in [7, 11) is 0. The number of nitrogens with two attached hydrogens (primary N) is 1. The van der Waals surface area contributed by atoms with E-state index in [1.165, 1.54) is 6.07 Å². The molecule has 102 valence electrons. The highest BCUT2D eigenvalue weighted by Crippen LogP contribution is 2.49. The quantitative estimate of drug-likeness (QED) is 0.859. The Labute approximate surface area is 120 Å². The first-order valence-electron chi connectivity index (χ1n) is 6.42. The molecule has 1 fully saturated rings. The summed E-state index contributed by atoms with van der Waals surface area (Å²) in [4.78, 5) is 4.38. The number of nitrogens with zero attached hydrogens (tertiary/aromatic N) is 1. The molecule has 5 heteroatoms. The second-order valence-corrected chi connectivity index (χ2v) is 6.58. The van der Waals surface area contributed by atoms with Gasteiger partial charge in [-0.15, -0.1) is 0 Å². The number of hydrogen-bond donors (Lipinski definition) is 1. The number of amidine groups is 1. The van der Waals surface area contributed by atoms with Gasteiger partial charge in [-0.25, -0.2) is 9.38 Å². The maximum atomic E-state index is 14.1. The Morgan fingerprint density at radius 1 is 1.42 bits per heavy atom. The van der Waals surface area contributed by atoms with Gasteiger partial charge in [-0.3, -0.25) is 0 Å². The second kappa shape index (κ2) is 4.20. The average Bonchev–Trinajstić information content (AvgIpc) is 2.29. The lowest BCUT2D eigenvalue weighted by Crippen LogP contribution is -2.52. The molecule has 1 saturated carbocycles. The van der Waals surface area contributed by atoms with Crippen LogP contribution in [0.5, 0.6) is 0 Å². The Hall–Kier alpha value is -1.10. The van der Waals surface area contributed by atoms with Crippen molar-refractivity contribution in [2.75, 3.05) is 0 Å². The monoisotopic (exact) mass is 326 g/mol. The number of ether oxygens (including phenoxy) is 1. The molecule has 1 atom stereocenters. The van der Waals surface area contributed by atoms with Crippen molar-refractivity contribution in [3.63, 3.8) is 0 Å². The average molecular weight is 327 g/mol. The van der Waals surface area contributed by atoms with Crippen LogP contribution in [0, 0.1) is 5.82 Å². The molecule has 1 aromatic carbocycles. The van der Waals surface area contributed by atoms with Crippen LogP contribution in [-0.4, -0.2) is 11.6 Å². The molecule has 19 heavy (non-hydrogen) atoms. The molecule has 0 aromatic heterocycles. The lowest BCUT2D eigenvalue weighted by Gasteiger charge is -2.48. The van der Waals surface area contributed by atoms with Crippen LogP contribution in [0.2, 0.25) is 0 Å². The summed E-state index contributed by atoms with van der Waals surface area (Å²) in [6.45, 7) is 1.92. The molecule has 0 radical (unpaired) electrons. The van der Waals surface area contributed by atoms with Gasteiger partial charge in [0, 0.05) is 16.5 Å². The Balaban J connectivity index is 2.06. The lowest BCUT2D eigenvalue weighted by molar-refractivity contribution is -0.0583. The van der Waals surface area contributed by atoms with E-state index in [4.69, 9.17) is 10.5 Å². The molecule has 1 spiro atoms. The summed E-state index contributed by atoms with van der Waals surface area (Å²) < 4.78 is 20.7. The van der Waals surface area contributed by atoms with Crippen LogP contribution >= 0.6 is 15.9 Å². The lowest BCUT2D eigenvalue weighted by atomic mass is 9.69. The van der Waals surface area contributed by atoms with E-state index in [-0.39, 0.29) is 17.4 Å². The van der Waals surface area contributed by atoms with Crippen LogP contribution in [-0.2, 0) is 10.3 Å². The summed E-state index contributed by atoms with van der Waals surface area (Å²) in [5, 5.41) is 0. The first-order valence-corrected chi connectivity index (χ1v) is 7.22. The van der Waals surface area contributed by atoms with Crippen LogP contribution in [0.1, 0.15) is 38.2 Å². The van der Waals surface area contributed by atoms with Crippen LogP contribution in [0.15, 0.2) is 27.7 Å². The molecular weight excluding hydrogens is 311 g/mol. The fourth-order valence-corrected chi connectivity index (χ4v) is 3.47.